The number of fused-ring (bicyclic) bond motifs is 2. The Bertz CT molecular complexity index is 789. The van der Waals surface area contributed by atoms with Crippen LogP contribution in [0.15, 0.2) is 51.7 Å². The molecular weight excluding hydrogens is 278 g/mol. The smallest absolute Gasteiger partial charge is 0.198 e. The van der Waals surface area contributed by atoms with Gasteiger partial charge in [0.25, 0.3) is 0 Å². The SMILES string of the molecule is Cn1c2ccccc2c(=O)c2c(Br)cccc21. The minimum Gasteiger partial charge on any atom is -0.343 e. The van der Waals surface area contributed by atoms with E-state index in [-0.39, 0.29) is 5.43 Å². The van der Waals surface area contributed by atoms with Gasteiger partial charge in [0.05, 0.1) is 16.4 Å². The van der Waals surface area contributed by atoms with Crippen LogP contribution in [-0.4, -0.2) is 4.57 Å². The summed E-state index contributed by atoms with van der Waals surface area (Å²) in [6.07, 6.45) is 0. The standard InChI is InChI=1S/C14H10BrNO/c1-16-11-7-3-2-5-9(11)14(17)13-10(15)6-4-8-12(13)16/h2-8H,1H3. The average molecular weight is 288 g/mol. The molecule has 0 saturated carbocycles. The maximum Gasteiger partial charge on any atom is 0.198 e. The van der Waals surface area contributed by atoms with Crippen molar-refractivity contribution in [3.05, 3.63) is 57.2 Å². The fourth-order valence-electron chi connectivity index (χ4n) is 2.24. The first-order valence-corrected chi connectivity index (χ1v) is 6.15. The lowest BCUT2D eigenvalue weighted by molar-refractivity contribution is 1.00. The van der Waals surface area contributed by atoms with Crippen molar-refractivity contribution in [3.8, 4) is 0 Å². The highest BCUT2D eigenvalue weighted by atomic mass is 79.9. The zero-order valence-electron chi connectivity index (χ0n) is 9.27. The van der Waals surface area contributed by atoms with Crippen molar-refractivity contribution in [1.29, 1.82) is 0 Å². The summed E-state index contributed by atoms with van der Waals surface area (Å²) < 4.78 is 2.90. The van der Waals surface area contributed by atoms with E-state index in [1.807, 2.05) is 49.5 Å². The maximum atomic E-state index is 12.4. The zero-order chi connectivity index (χ0) is 12.0. The number of benzene rings is 2. The third-order valence-corrected chi connectivity index (χ3v) is 3.75. The van der Waals surface area contributed by atoms with Gasteiger partial charge < -0.3 is 4.57 Å². The van der Waals surface area contributed by atoms with Crippen LogP contribution in [0.4, 0.5) is 0 Å². The highest BCUT2D eigenvalue weighted by Crippen LogP contribution is 2.23. The van der Waals surface area contributed by atoms with Crippen LogP contribution in [0.1, 0.15) is 0 Å². The van der Waals surface area contributed by atoms with Crippen LogP contribution in [0.2, 0.25) is 0 Å². The third kappa shape index (κ3) is 1.42. The number of hydrogen-bond acceptors (Lipinski definition) is 1. The fourth-order valence-corrected chi connectivity index (χ4v) is 2.78. The number of pyridine rings is 1. The van der Waals surface area contributed by atoms with Gasteiger partial charge in [-0.3, -0.25) is 4.79 Å². The summed E-state index contributed by atoms with van der Waals surface area (Å²) in [5.74, 6) is 0. The predicted octanol–water partition coefficient (Wildman–Crippen LogP) is 3.45. The van der Waals surface area contributed by atoms with Gasteiger partial charge in [0.15, 0.2) is 5.43 Å². The average Bonchev–Trinajstić information content (AvgIpc) is 2.36. The first-order chi connectivity index (χ1) is 8.20. The molecule has 0 saturated heterocycles. The van der Waals surface area contributed by atoms with Gasteiger partial charge in [-0.1, -0.05) is 18.2 Å². The van der Waals surface area contributed by atoms with Crippen LogP contribution in [0.25, 0.3) is 21.8 Å². The van der Waals surface area contributed by atoms with Gasteiger partial charge in [-0.05, 0) is 40.2 Å². The van der Waals surface area contributed by atoms with E-state index in [9.17, 15) is 4.79 Å². The highest BCUT2D eigenvalue weighted by molar-refractivity contribution is 9.10. The third-order valence-electron chi connectivity index (χ3n) is 3.09. The lowest BCUT2D eigenvalue weighted by Gasteiger charge is -2.10. The molecule has 1 aromatic heterocycles. The molecule has 84 valence electrons. The molecule has 1 heterocycles. The Morgan fingerprint density at radius 1 is 1.00 bits per heavy atom. The topological polar surface area (TPSA) is 22.0 Å². The normalized spacial score (nSPS) is 11.2. The number of nitrogens with zero attached hydrogens (tertiary/aromatic N) is 1. The Morgan fingerprint density at radius 2 is 1.71 bits per heavy atom. The van der Waals surface area contributed by atoms with E-state index < -0.39 is 0 Å². The van der Waals surface area contributed by atoms with Gasteiger partial charge >= 0.3 is 0 Å². The van der Waals surface area contributed by atoms with Crippen molar-refractivity contribution in [1.82, 2.24) is 4.57 Å². The molecule has 2 nitrogen and oxygen atoms in total. The Morgan fingerprint density at radius 3 is 2.53 bits per heavy atom. The molecule has 0 bridgehead atoms. The minimum absolute atomic E-state index is 0.0844. The van der Waals surface area contributed by atoms with Crippen LogP contribution in [0.5, 0.6) is 0 Å². The van der Waals surface area contributed by atoms with Crippen LogP contribution in [0.3, 0.4) is 0 Å². The predicted molar refractivity (Wildman–Crippen MR) is 74.4 cm³/mol. The van der Waals surface area contributed by atoms with Gasteiger partial charge in [-0.25, -0.2) is 0 Å². The quantitative estimate of drug-likeness (QED) is 0.581. The van der Waals surface area contributed by atoms with E-state index >= 15 is 0 Å². The molecule has 0 radical (unpaired) electrons. The number of aryl methyl sites for hydroxylation is 1. The Balaban J connectivity index is 2.74. The number of para-hydroxylation sites is 1. The number of aromatic nitrogens is 1. The fraction of sp³-hybridized carbons (Fsp3) is 0.0714. The first kappa shape index (κ1) is 10.5. The van der Waals surface area contributed by atoms with Gasteiger partial charge in [0.2, 0.25) is 0 Å². The molecule has 0 amide bonds. The Hall–Kier alpha value is -1.61. The largest absolute Gasteiger partial charge is 0.343 e. The van der Waals surface area contributed by atoms with E-state index in [1.165, 1.54) is 0 Å². The molecule has 3 rings (SSSR count). The second-order valence-electron chi connectivity index (χ2n) is 4.04. The molecule has 17 heavy (non-hydrogen) atoms. The van der Waals surface area contributed by atoms with Crippen molar-refractivity contribution in [3.63, 3.8) is 0 Å². The van der Waals surface area contributed by atoms with Crippen LogP contribution in [0, 0.1) is 0 Å². The molecule has 0 spiro atoms. The van der Waals surface area contributed by atoms with Crippen LogP contribution in [-0.2, 0) is 7.05 Å². The molecule has 0 aliphatic rings. The van der Waals surface area contributed by atoms with E-state index in [4.69, 9.17) is 0 Å². The molecule has 3 heteroatoms. The summed E-state index contributed by atoms with van der Waals surface area (Å²) >= 11 is 3.45. The van der Waals surface area contributed by atoms with Crippen molar-refractivity contribution in [2.24, 2.45) is 7.05 Å². The zero-order valence-corrected chi connectivity index (χ0v) is 10.9. The number of halogens is 1. The van der Waals surface area contributed by atoms with Gasteiger partial charge in [-0.2, -0.15) is 0 Å². The number of hydrogen-bond donors (Lipinski definition) is 0. The summed E-state index contributed by atoms with van der Waals surface area (Å²) in [6, 6.07) is 13.5. The minimum atomic E-state index is 0.0844. The summed E-state index contributed by atoms with van der Waals surface area (Å²) in [6.45, 7) is 0. The van der Waals surface area contributed by atoms with Crippen LogP contribution >= 0.6 is 15.9 Å². The lowest BCUT2D eigenvalue weighted by Crippen LogP contribution is -2.09. The van der Waals surface area contributed by atoms with E-state index in [1.54, 1.807) is 0 Å². The molecule has 0 N–H and O–H groups in total. The second-order valence-corrected chi connectivity index (χ2v) is 4.89. The van der Waals surface area contributed by atoms with Crippen LogP contribution < -0.4 is 5.43 Å². The highest BCUT2D eigenvalue weighted by Gasteiger charge is 2.09. The summed E-state index contributed by atoms with van der Waals surface area (Å²) in [5, 5.41) is 1.50. The van der Waals surface area contributed by atoms with Crippen molar-refractivity contribution < 1.29 is 0 Å². The molecule has 0 aliphatic heterocycles. The molecule has 0 unspecified atom stereocenters. The Kier molecular flexibility index (Phi) is 2.30. The molecule has 0 fully saturated rings. The van der Waals surface area contributed by atoms with E-state index in [0.717, 1.165) is 26.3 Å². The second kappa shape index (κ2) is 3.70. The summed E-state index contributed by atoms with van der Waals surface area (Å²) in [4.78, 5) is 12.4. The van der Waals surface area contributed by atoms with Crippen molar-refractivity contribution in [2.45, 2.75) is 0 Å². The van der Waals surface area contributed by atoms with E-state index in [2.05, 4.69) is 20.5 Å². The Labute approximate surface area is 107 Å². The van der Waals surface area contributed by atoms with Gasteiger partial charge in [0, 0.05) is 16.9 Å². The van der Waals surface area contributed by atoms with Gasteiger partial charge in [-0.15, -0.1) is 0 Å². The molecule has 0 aliphatic carbocycles. The molecule has 3 aromatic rings. The molecule has 0 atom stereocenters. The first-order valence-electron chi connectivity index (χ1n) is 5.36. The van der Waals surface area contributed by atoms with E-state index in [0.29, 0.717) is 0 Å². The summed E-state index contributed by atoms with van der Waals surface area (Å²) in [7, 11) is 1.98. The molecule has 2 aromatic carbocycles. The monoisotopic (exact) mass is 287 g/mol. The van der Waals surface area contributed by atoms with Crippen molar-refractivity contribution in [2.75, 3.05) is 0 Å². The van der Waals surface area contributed by atoms with Crippen molar-refractivity contribution >= 4 is 37.7 Å². The van der Waals surface area contributed by atoms with Gasteiger partial charge in [0.1, 0.15) is 0 Å². The molecular formula is C14H10BrNO. The number of rotatable bonds is 0. The maximum absolute atomic E-state index is 12.4. The summed E-state index contributed by atoms with van der Waals surface area (Å²) in [5.41, 5.74) is 1.99. The lowest BCUT2D eigenvalue weighted by atomic mass is 10.1.